The number of rotatable bonds is 6. The van der Waals surface area contributed by atoms with Crippen LogP contribution in [0.3, 0.4) is 0 Å². The molecule has 0 spiro atoms. The summed E-state index contributed by atoms with van der Waals surface area (Å²) in [5, 5.41) is 6.31. The maximum atomic E-state index is 11.4. The van der Waals surface area contributed by atoms with Crippen LogP contribution >= 0.6 is 0 Å². The van der Waals surface area contributed by atoms with Gasteiger partial charge < -0.3 is 20.1 Å². The summed E-state index contributed by atoms with van der Waals surface area (Å²) in [5.41, 5.74) is 1.85. The van der Waals surface area contributed by atoms with E-state index in [1.54, 1.807) is 7.11 Å². The van der Waals surface area contributed by atoms with Crippen LogP contribution < -0.4 is 10.6 Å². The first kappa shape index (κ1) is 15.8. The number of hydrogen-bond acceptors (Lipinski definition) is 4. The van der Waals surface area contributed by atoms with Gasteiger partial charge in [-0.05, 0) is 49.9 Å². The molecule has 2 rings (SSSR count). The standard InChI is InChI=1S/C16H24N2O3/c1-20-11-16(19)18-13-8-6-12(7-9-13)17-14-4-3-5-15(10-14)21-2/h6-9,14-15,17H,3-5,10-11H2,1-2H3,(H,18,19). The Morgan fingerprint density at radius 2 is 1.90 bits per heavy atom. The summed E-state index contributed by atoms with van der Waals surface area (Å²) in [6, 6.07) is 8.22. The van der Waals surface area contributed by atoms with Crippen LogP contribution in [0.2, 0.25) is 0 Å². The molecule has 0 aliphatic heterocycles. The normalized spacial score (nSPS) is 21.8. The van der Waals surface area contributed by atoms with Crippen LogP contribution in [0.5, 0.6) is 0 Å². The highest BCUT2D eigenvalue weighted by Crippen LogP contribution is 2.24. The Morgan fingerprint density at radius 3 is 2.57 bits per heavy atom. The van der Waals surface area contributed by atoms with Crippen LogP contribution in [0.4, 0.5) is 11.4 Å². The van der Waals surface area contributed by atoms with Crippen molar-refractivity contribution in [1.82, 2.24) is 0 Å². The van der Waals surface area contributed by atoms with Crippen LogP contribution in [0.15, 0.2) is 24.3 Å². The molecule has 1 aliphatic carbocycles. The molecule has 0 bridgehead atoms. The number of amides is 1. The Kier molecular flexibility index (Phi) is 6.02. The lowest BCUT2D eigenvalue weighted by Gasteiger charge is -2.29. The minimum atomic E-state index is -0.145. The molecule has 2 atom stereocenters. The number of benzene rings is 1. The highest BCUT2D eigenvalue weighted by Gasteiger charge is 2.21. The van der Waals surface area contributed by atoms with Crippen molar-refractivity contribution in [2.75, 3.05) is 31.5 Å². The third-order valence-electron chi connectivity index (χ3n) is 3.77. The van der Waals surface area contributed by atoms with Crippen molar-refractivity contribution >= 4 is 17.3 Å². The maximum Gasteiger partial charge on any atom is 0.250 e. The van der Waals surface area contributed by atoms with Gasteiger partial charge in [-0.3, -0.25) is 4.79 Å². The van der Waals surface area contributed by atoms with Crippen LogP contribution in [-0.2, 0) is 14.3 Å². The van der Waals surface area contributed by atoms with Gasteiger partial charge in [0.25, 0.3) is 0 Å². The lowest BCUT2D eigenvalue weighted by atomic mass is 9.92. The molecule has 1 aromatic rings. The molecular formula is C16H24N2O3. The first-order valence-corrected chi connectivity index (χ1v) is 7.39. The van der Waals surface area contributed by atoms with Gasteiger partial charge in [-0.1, -0.05) is 0 Å². The van der Waals surface area contributed by atoms with E-state index >= 15 is 0 Å². The average Bonchev–Trinajstić information content (AvgIpc) is 2.50. The molecule has 5 heteroatoms. The fourth-order valence-electron chi connectivity index (χ4n) is 2.70. The number of ether oxygens (including phenoxy) is 2. The molecule has 1 saturated carbocycles. The zero-order valence-electron chi connectivity index (χ0n) is 12.7. The molecule has 1 aliphatic rings. The molecule has 0 aromatic heterocycles. The fourth-order valence-corrected chi connectivity index (χ4v) is 2.70. The summed E-state index contributed by atoms with van der Waals surface area (Å²) < 4.78 is 10.2. The Bertz CT molecular complexity index is 447. The zero-order chi connectivity index (χ0) is 15.1. The van der Waals surface area contributed by atoms with Gasteiger partial charge in [0, 0.05) is 31.6 Å². The smallest absolute Gasteiger partial charge is 0.250 e. The molecule has 1 amide bonds. The molecule has 2 unspecified atom stereocenters. The largest absolute Gasteiger partial charge is 0.382 e. The predicted molar refractivity (Wildman–Crippen MR) is 83.6 cm³/mol. The summed E-state index contributed by atoms with van der Waals surface area (Å²) in [6.07, 6.45) is 4.93. The topological polar surface area (TPSA) is 59.6 Å². The van der Waals surface area contributed by atoms with E-state index in [4.69, 9.17) is 9.47 Å². The highest BCUT2D eigenvalue weighted by molar-refractivity contribution is 5.91. The first-order valence-electron chi connectivity index (χ1n) is 7.39. The van der Waals surface area contributed by atoms with E-state index in [2.05, 4.69) is 10.6 Å². The number of hydrogen-bond donors (Lipinski definition) is 2. The van der Waals surface area contributed by atoms with Crippen LogP contribution in [-0.4, -0.2) is 38.9 Å². The van der Waals surface area contributed by atoms with Crippen molar-refractivity contribution in [2.45, 2.75) is 37.8 Å². The molecule has 0 radical (unpaired) electrons. The second-order valence-corrected chi connectivity index (χ2v) is 5.42. The fraction of sp³-hybridized carbons (Fsp3) is 0.562. The van der Waals surface area contributed by atoms with E-state index in [9.17, 15) is 4.79 Å². The predicted octanol–water partition coefficient (Wildman–Crippen LogP) is 2.64. The molecule has 116 valence electrons. The van der Waals surface area contributed by atoms with Crippen molar-refractivity contribution in [3.05, 3.63) is 24.3 Å². The molecule has 2 N–H and O–H groups in total. The van der Waals surface area contributed by atoms with Gasteiger partial charge in [-0.2, -0.15) is 0 Å². The van der Waals surface area contributed by atoms with E-state index in [1.807, 2.05) is 24.3 Å². The lowest BCUT2D eigenvalue weighted by molar-refractivity contribution is -0.119. The van der Waals surface area contributed by atoms with Crippen LogP contribution in [0.1, 0.15) is 25.7 Å². The van der Waals surface area contributed by atoms with Gasteiger partial charge in [0.2, 0.25) is 5.91 Å². The van der Waals surface area contributed by atoms with Crippen molar-refractivity contribution in [1.29, 1.82) is 0 Å². The van der Waals surface area contributed by atoms with Crippen molar-refractivity contribution in [3.63, 3.8) is 0 Å². The number of nitrogens with one attached hydrogen (secondary N) is 2. The Hall–Kier alpha value is -1.59. The van der Waals surface area contributed by atoms with Crippen LogP contribution in [0.25, 0.3) is 0 Å². The summed E-state index contributed by atoms with van der Waals surface area (Å²) in [6.45, 7) is 0.0699. The monoisotopic (exact) mass is 292 g/mol. The van der Waals surface area contributed by atoms with Gasteiger partial charge in [0.15, 0.2) is 0 Å². The summed E-state index contributed by atoms with van der Waals surface area (Å²) in [4.78, 5) is 11.4. The van der Waals surface area contributed by atoms with Crippen LogP contribution in [0, 0.1) is 0 Å². The van der Waals surface area contributed by atoms with Gasteiger partial charge in [0.1, 0.15) is 6.61 Å². The summed E-state index contributed by atoms with van der Waals surface area (Å²) in [7, 11) is 3.29. The SMILES string of the molecule is COCC(=O)Nc1ccc(NC2CCCC(OC)C2)cc1. The average molecular weight is 292 g/mol. The minimum Gasteiger partial charge on any atom is -0.382 e. The molecule has 5 nitrogen and oxygen atoms in total. The molecule has 0 heterocycles. The second kappa shape index (κ2) is 8.00. The molecule has 1 fully saturated rings. The molecule has 21 heavy (non-hydrogen) atoms. The Balaban J connectivity index is 1.85. The van der Waals surface area contributed by atoms with Gasteiger partial charge in [-0.25, -0.2) is 0 Å². The Labute approximate surface area is 126 Å². The summed E-state index contributed by atoms with van der Waals surface area (Å²) in [5.74, 6) is -0.145. The maximum absolute atomic E-state index is 11.4. The summed E-state index contributed by atoms with van der Waals surface area (Å²) >= 11 is 0. The van der Waals surface area contributed by atoms with Gasteiger partial charge in [0.05, 0.1) is 6.10 Å². The first-order chi connectivity index (χ1) is 10.2. The highest BCUT2D eigenvalue weighted by atomic mass is 16.5. The van der Waals surface area contributed by atoms with Gasteiger partial charge in [-0.15, -0.1) is 0 Å². The number of carbonyl (C=O) groups excluding carboxylic acids is 1. The third kappa shape index (κ3) is 5.02. The number of anilines is 2. The Morgan fingerprint density at radius 1 is 1.19 bits per heavy atom. The molecular weight excluding hydrogens is 268 g/mol. The van der Waals surface area contributed by atoms with Crippen molar-refractivity contribution in [2.24, 2.45) is 0 Å². The van der Waals surface area contributed by atoms with E-state index in [1.165, 1.54) is 20.0 Å². The lowest BCUT2D eigenvalue weighted by Crippen LogP contribution is -2.30. The van der Waals surface area contributed by atoms with E-state index < -0.39 is 0 Å². The molecule has 1 aromatic carbocycles. The number of carbonyl (C=O) groups is 1. The third-order valence-corrected chi connectivity index (χ3v) is 3.77. The van der Waals surface area contributed by atoms with Gasteiger partial charge >= 0.3 is 0 Å². The minimum absolute atomic E-state index is 0.0699. The zero-order valence-corrected chi connectivity index (χ0v) is 12.7. The van der Waals surface area contributed by atoms with Crippen molar-refractivity contribution in [3.8, 4) is 0 Å². The second-order valence-electron chi connectivity index (χ2n) is 5.42. The van der Waals surface area contributed by atoms with E-state index in [0.717, 1.165) is 24.2 Å². The van der Waals surface area contributed by atoms with Crippen molar-refractivity contribution < 1.29 is 14.3 Å². The number of methoxy groups -OCH3 is 2. The molecule has 0 saturated heterocycles. The van der Waals surface area contributed by atoms with E-state index in [-0.39, 0.29) is 12.5 Å². The quantitative estimate of drug-likeness (QED) is 0.846. The van der Waals surface area contributed by atoms with E-state index in [0.29, 0.717) is 12.1 Å².